The highest BCUT2D eigenvalue weighted by Gasteiger charge is 2.62. The van der Waals surface area contributed by atoms with E-state index in [-0.39, 0.29) is 22.5 Å². The van der Waals surface area contributed by atoms with Gasteiger partial charge in [-0.05, 0) is 85.0 Å². The average Bonchev–Trinajstić information content (AvgIpc) is 3.09. The van der Waals surface area contributed by atoms with Gasteiger partial charge in [0.25, 0.3) is 0 Å². The third-order valence-corrected chi connectivity index (χ3v) is 9.65. The zero-order valence-corrected chi connectivity index (χ0v) is 19.6. The number of carbonyl (C=O) groups excluding carboxylic acids is 3. The topological polar surface area (TPSA) is 72.5 Å². The molecule has 0 bridgehead atoms. The van der Waals surface area contributed by atoms with Crippen molar-refractivity contribution >= 4 is 30.2 Å². The first-order chi connectivity index (χ1) is 15.4. The molecule has 1 N–H and O–H groups in total. The first-order valence-corrected chi connectivity index (χ1v) is 12.5. The number of benzene rings is 1. The van der Waals surface area contributed by atoms with Gasteiger partial charge in [-0.1, -0.05) is 31.6 Å². The Kier molecular flexibility index (Phi) is 5.47. The van der Waals surface area contributed by atoms with Crippen LogP contribution in [0.5, 0.6) is 5.75 Å². The molecule has 6 heteroatoms. The molecule has 1 aromatic carbocycles. The van der Waals surface area contributed by atoms with Crippen LogP contribution in [0, 0.1) is 28.6 Å². The lowest BCUT2D eigenvalue weighted by Crippen LogP contribution is -2.53. The van der Waals surface area contributed by atoms with Gasteiger partial charge in [0.15, 0.2) is 18.0 Å². The molecule has 4 aliphatic carbocycles. The van der Waals surface area contributed by atoms with Gasteiger partial charge >= 0.3 is 0 Å². The van der Waals surface area contributed by atoms with Gasteiger partial charge in [-0.15, -0.1) is 0 Å². The second-order valence-electron chi connectivity index (χ2n) is 10.5. The van der Waals surface area contributed by atoms with Crippen molar-refractivity contribution in [1.29, 1.82) is 0 Å². The predicted octanol–water partition coefficient (Wildman–Crippen LogP) is 5.17. The SMILES string of the molecule is CC12CC(c3ccc(OSNC=O)cc3)C3C(CCC4=CC(=O)CCC43C)C1CCC2=O. The number of hydrogen-bond acceptors (Lipinski definition) is 5. The van der Waals surface area contributed by atoms with Crippen molar-refractivity contribution in [2.45, 2.75) is 64.7 Å². The second kappa shape index (κ2) is 8.05. The molecule has 3 saturated carbocycles. The Morgan fingerprint density at radius 1 is 1.06 bits per heavy atom. The van der Waals surface area contributed by atoms with Crippen LogP contribution in [-0.2, 0) is 14.4 Å². The van der Waals surface area contributed by atoms with Crippen LogP contribution in [0.1, 0.15) is 70.3 Å². The molecule has 4 aliphatic rings. The van der Waals surface area contributed by atoms with Crippen LogP contribution in [0.25, 0.3) is 0 Å². The summed E-state index contributed by atoms with van der Waals surface area (Å²) in [5, 5.41) is 0. The van der Waals surface area contributed by atoms with E-state index >= 15 is 0 Å². The van der Waals surface area contributed by atoms with Crippen molar-refractivity contribution in [1.82, 2.24) is 4.72 Å². The van der Waals surface area contributed by atoms with E-state index in [1.54, 1.807) is 0 Å². The standard InChI is InChI=1S/C26H31NO4S/c1-25-12-11-18(29)13-17(25)5-8-20-22-9-10-23(30)26(22,2)14-21(24(20)25)16-3-6-19(7-4-16)31-32-27-15-28/h3-4,6-7,13,15,20-22,24H,5,8-12,14H2,1-2H3,(H,27,28). The first-order valence-electron chi connectivity index (χ1n) is 11.8. The Hall–Kier alpha value is -2.08. The third kappa shape index (κ3) is 3.33. The summed E-state index contributed by atoms with van der Waals surface area (Å²) in [5.74, 6) is 3.09. The Morgan fingerprint density at radius 2 is 1.84 bits per heavy atom. The number of ketones is 2. The molecule has 0 aromatic heterocycles. The summed E-state index contributed by atoms with van der Waals surface area (Å²) in [4.78, 5) is 35.7. The molecule has 5 nitrogen and oxygen atoms in total. The third-order valence-electron chi connectivity index (χ3n) is 9.18. The van der Waals surface area contributed by atoms with Crippen LogP contribution in [0.3, 0.4) is 0 Å². The van der Waals surface area contributed by atoms with Crippen LogP contribution >= 0.6 is 12.2 Å². The van der Waals surface area contributed by atoms with Crippen LogP contribution in [-0.4, -0.2) is 18.0 Å². The van der Waals surface area contributed by atoms with Crippen LogP contribution in [0.15, 0.2) is 35.9 Å². The average molecular weight is 454 g/mol. The van der Waals surface area contributed by atoms with E-state index in [4.69, 9.17) is 4.18 Å². The van der Waals surface area contributed by atoms with Gasteiger partial charge < -0.3 is 4.18 Å². The molecular weight excluding hydrogens is 422 g/mol. The number of rotatable bonds is 5. The van der Waals surface area contributed by atoms with Crippen molar-refractivity contribution in [3.05, 3.63) is 41.5 Å². The van der Waals surface area contributed by atoms with Crippen molar-refractivity contribution in [3.63, 3.8) is 0 Å². The summed E-state index contributed by atoms with van der Waals surface area (Å²) in [5.41, 5.74) is 2.36. The molecule has 32 heavy (non-hydrogen) atoms. The molecule has 5 rings (SSSR count). The lowest BCUT2D eigenvalue weighted by Gasteiger charge is -2.60. The minimum absolute atomic E-state index is 0.0212. The van der Waals surface area contributed by atoms with E-state index in [1.807, 2.05) is 18.2 Å². The number of amides is 1. The van der Waals surface area contributed by atoms with Crippen LogP contribution in [0.2, 0.25) is 0 Å². The number of hydrogen-bond donors (Lipinski definition) is 1. The van der Waals surface area contributed by atoms with Gasteiger partial charge in [0.1, 0.15) is 11.5 Å². The number of carbonyl (C=O) groups is 3. The van der Waals surface area contributed by atoms with Gasteiger partial charge in [-0.3, -0.25) is 19.1 Å². The highest BCUT2D eigenvalue weighted by molar-refractivity contribution is 7.93. The molecule has 170 valence electrons. The van der Waals surface area contributed by atoms with Gasteiger partial charge in [-0.2, -0.15) is 0 Å². The Morgan fingerprint density at radius 3 is 2.59 bits per heavy atom. The van der Waals surface area contributed by atoms with E-state index < -0.39 is 0 Å². The summed E-state index contributed by atoms with van der Waals surface area (Å²) in [6.45, 7) is 4.60. The summed E-state index contributed by atoms with van der Waals surface area (Å²) in [6, 6.07) is 8.13. The highest BCUT2D eigenvalue weighted by atomic mass is 32.2. The van der Waals surface area contributed by atoms with Crippen LogP contribution in [0.4, 0.5) is 0 Å². The fourth-order valence-corrected chi connectivity index (χ4v) is 8.00. The van der Waals surface area contributed by atoms with Crippen molar-refractivity contribution in [3.8, 4) is 5.75 Å². The molecule has 0 saturated heterocycles. The van der Waals surface area contributed by atoms with Gasteiger partial charge in [0.05, 0.1) is 0 Å². The lowest BCUT2D eigenvalue weighted by atomic mass is 9.44. The maximum atomic E-state index is 13.1. The van der Waals surface area contributed by atoms with Crippen molar-refractivity contribution < 1.29 is 18.6 Å². The second-order valence-corrected chi connectivity index (χ2v) is 11.1. The van der Waals surface area contributed by atoms with Gasteiger partial charge in [0.2, 0.25) is 6.41 Å². The van der Waals surface area contributed by atoms with Gasteiger partial charge in [0, 0.05) is 18.3 Å². The molecule has 3 fully saturated rings. The summed E-state index contributed by atoms with van der Waals surface area (Å²) in [6.07, 6.45) is 8.76. The Balaban J connectivity index is 1.53. The number of nitrogens with one attached hydrogen (secondary N) is 1. The Bertz CT molecular complexity index is 973. The normalized spacial score (nSPS) is 38.2. The molecular formula is C26H31NO4S. The fourth-order valence-electron chi connectivity index (χ4n) is 7.70. The minimum atomic E-state index is -0.243. The van der Waals surface area contributed by atoms with Crippen molar-refractivity contribution in [2.75, 3.05) is 0 Å². The van der Waals surface area contributed by atoms with E-state index in [2.05, 4.69) is 30.7 Å². The van der Waals surface area contributed by atoms with Crippen molar-refractivity contribution in [2.24, 2.45) is 28.6 Å². The zero-order chi connectivity index (χ0) is 22.5. The lowest BCUT2D eigenvalue weighted by molar-refractivity contribution is -0.134. The quantitative estimate of drug-likeness (QED) is 0.288. The first kappa shape index (κ1) is 21.7. The predicted molar refractivity (Wildman–Crippen MR) is 124 cm³/mol. The summed E-state index contributed by atoms with van der Waals surface area (Å²) < 4.78 is 7.92. The minimum Gasteiger partial charge on any atom is -0.405 e. The molecule has 1 aromatic rings. The smallest absolute Gasteiger partial charge is 0.219 e. The number of fused-ring (bicyclic) bond motifs is 5. The van der Waals surface area contributed by atoms with Gasteiger partial charge in [-0.25, -0.2) is 0 Å². The summed E-state index contributed by atoms with van der Waals surface area (Å²) >= 11 is 0.891. The molecule has 0 spiro atoms. The fraction of sp³-hybridized carbons (Fsp3) is 0.577. The summed E-state index contributed by atoms with van der Waals surface area (Å²) in [7, 11) is 0. The van der Waals surface area contributed by atoms with E-state index in [1.165, 1.54) is 11.1 Å². The van der Waals surface area contributed by atoms with Crippen LogP contribution < -0.4 is 8.91 Å². The maximum absolute atomic E-state index is 13.1. The molecule has 6 unspecified atom stereocenters. The Labute approximate surface area is 194 Å². The number of allylic oxidation sites excluding steroid dienone is 1. The molecule has 0 radical (unpaired) electrons. The number of Topliss-reactive ketones (excluding diaryl/α,β-unsaturated/α-hetero) is 1. The van der Waals surface area contributed by atoms with E-state index in [9.17, 15) is 14.4 Å². The molecule has 1 amide bonds. The largest absolute Gasteiger partial charge is 0.405 e. The molecule has 0 heterocycles. The van der Waals surface area contributed by atoms with E-state index in [0.717, 1.165) is 44.3 Å². The highest BCUT2D eigenvalue weighted by Crippen LogP contribution is 2.68. The maximum Gasteiger partial charge on any atom is 0.219 e. The molecule has 0 aliphatic heterocycles. The van der Waals surface area contributed by atoms with E-state index in [0.29, 0.717) is 48.5 Å². The zero-order valence-electron chi connectivity index (χ0n) is 18.8. The monoisotopic (exact) mass is 453 g/mol. The molecule has 6 atom stereocenters.